The third-order valence-electron chi connectivity index (χ3n) is 5.20. The topological polar surface area (TPSA) is 113 Å². The van der Waals surface area contributed by atoms with Gasteiger partial charge in [-0.1, -0.05) is 26.3 Å². The van der Waals surface area contributed by atoms with Gasteiger partial charge >= 0.3 is 0 Å². The molecule has 0 bridgehead atoms. The Labute approximate surface area is 178 Å². The van der Waals surface area contributed by atoms with Crippen LogP contribution in [0.2, 0.25) is 0 Å². The van der Waals surface area contributed by atoms with Crippen LogP contribution in [0.5, 0.6) is 0 Å². The first kappa shape index (κ1) is 24.2. The first-order chi connectivity index (χ1) is 14.3. The van der Waals surface area contributed by atoms with Crippen LogP contribution in [0, 0.1) is 10.1 Å². The number of non-ortho nitro benzene ring substituents is 1. The predicted octanol–water partition coefficient (Wildman–Crippen LogP) is 2.38. The van der Waals surface area contributed by atoms with E-state index in [1.54, 1.807) is 0 Å². The smallest absolute Gasteiger partial charge is 0.270 e. The number of benzene rings is 1. The summed E-state index contributed by atoms with van der Waals surface area (Å²) in [4.78, 5) is 25.3. The molecule has 30 heavy (non-hydrogen) atoms. The van der Waals surface area contributed by atoms with E-state index in [0.717, 1.165) is 45.0 Å². The minimum absolute atomic E-state index is 0.159. The lowest BCUT2D eigenvalue weighted by atomic mass is 10.0. The summed E-state index contributed by atoms with van der Waals surface area (Å²) in [6.45, 7) is 7.54. The number of carbonyl (C=O) groups is 1. The van der Waals surface area contributed by atoms with E-state index in [2.05, 4.69) is 24.1 Å². The van der Waals surface area contributed by atoms with Gasteiger partial charge in [0.15, 0.2) is 0 Å². The highest BCUT2D eigenvalue weighted by molar-refractivity contribution is 7.89. The van der Waals surface area contributed by atoms with Crippen LogP contribution < -0.4 is 5.32 Å². The summed E-state index contributed by atoms with van der Waals surface area (Å²) in [5.41, 5.74) is -0.291. The van der Waals surface area contributed by atoms with Gasteiger partial charge in [-0.15, -0.1) is 0 Å². The molecule has 1 aromatic rings. The number of carbonyl (C=O) groups excluding carboxylic acids is 1. The third kappa shape index (κ3) is 6.23. The molecule has 0 aliphatic carbocycles. The number of amides is 1. The van der Waals surface area contributed by atoms with Crippen molar-refractivity contribution in [2.45, 2.75) is 56.9 Å². The first-order valence-corrected chi connectivity index (χ1v) is 12.0. The first-order valence-electron chi connectivity index (χ1n) is 10.6. The summed E-state index contributed by atoms with van der Waals surface area (Å²) in [5.74, 6) is -0.309. The largest absolute Gasteiger partial charge is 0.353 e. The molecule has 1 N–H and O–H groups in total. The minimum atomic E-state index is -4.01. The van der Waals surface area contributed by atoms with Crippen LogP contribution in [0.25, 0.3) is 0 Å². The molecule has 1 atom stereocenters. The van der Waals surface area contributed by atoms with Gasteiger partial charge in [-0.25, -0.2) is 8.42 Å². The maximum atomic E-state index is 13.1. The van der Waals surface area contributed by atoms with E-state index in [0.29, 0.717) is 19.4 Å². The van der Waals surface area contributed by atoms with Crippen molar-refractivity contribution in [2.75, 3.05) is 32.7 Å². The summed E-state index contributed by atoms with van der Waals surface area (Å²) in [6.07, 6.45) is 3.92. The lowest BCUT2D eigenvalue weighted by Crippen LogP contribution is -2.52. The third-order valence-corrected chi connectivity index (χ3v) is 7.10. The molecule has 10 heteroatoms. The summed E-state index contributed by atoms with van der Waals surface area (Å²) in [7, 11) is -4.01. The molecule has 1 unspecified atom stereocenters. The van der Waals surface area contributed by atoms with E-state index in [9.17, 15) is 23.3 Å². The number of hydrogen-bond donors (Lipinski definition) is 1. The van der Waals surface area contributed by atoms with Crippen LogP contribution in [-0.4, -0.2) is 67.2 Å². The van der Waals surface area contributed by atoms with Crippen LogP contribution in [0.3, 0.4) is 0 Å². The highest BCUT2D eigenvalue weighted by Crippen LogP contribution is 2.27. The quantitative estimate of drug-likeness (QED) is 0.417. The van der Waals surface area contributed by atoms with Gasteiger partial charge in [-0.05, 0) is 44.8 Å². The Kier molecular flexibility index (Phi) is 9.19. The zero-order chi connectivity index (χ0) is 22.1. The van der Waals surface area contributed by atoms with Crippen molar-refractivity contribution in [1.29, 1.82) is 0 Å². The molecule has 0 saturated carbocycles. The SMILES string of the molecule is CCCN(CCC)CCNC(=O)C1CCCCN1S(=O)(=O)c1cccc([N+](=O)[O-])c1. The van der Waals surface area contributed by atoms with E-state index in [1.165, 1.54) is 22.5 Å². The lowest BCUT2D eigenvalue weighted by molar-refractivity contribution is -0.385. The minimum Gasteiger partial charge on any atom is -0.353 e. The second-order valence-corrected chi connectivity index (χ2v) is 9.41. The number of hydrogen-bond acceptors (Lipinski definition) is 6. The number of nitro benzene ring substituents is 1. The highest BCUT2D eigenvalue weighted by atomic mass is 32.2. The second kappa shape index (κ2) is 11.4. The Balaban J connectivity index is 2.10. The Morgan fingerprint density at radius 2 is 1.93 bits per heavy atom. The number of nitro groups is 1. The number of sulfonamides is 1. The zero-order valence-electron chi connectivity index (χ0n) is 17.7. The number of nitrogens with one attached hydrogen (secondary N) is 1. The van der Waals surface area contributed by atoms with Gasteiger partial charge in [0.05, 0.1) is 9.82 Å². The van der Waals surface area contributed by atoms with Crippen molar-refractivity contribution in [3.63, 3.8) is 0 Å². The van der Waals surface area contributed by atoms with E-state index < -0.39 is 21.0 Å². The van der Waals surface area contributed by atoms with Crippen molar-refractivity contribution in [3.8, 4) is 0 Å². The summed E-state index contributed by atoms with van der Waals surface area (Å²) in [5, 5.41) is 13.9. The Bertz CT molecular complexity index is 824. The van der Waals surface area contributed by atoms with E-state index in [4.69, 9.17) is 0 Å². The maximum absolute atomic E-state index is 13.1. The molecule has 0 aromatic heterocycles. The van der Waals surface area contributed by atoms with E-state index in [-0.39, 0.29) is 23.0 Å². The van der Waals surface area contributed by atoms with Gasteiger partial charge in [-0.3, -0.25) is 14.9 Å². The van der Waals surface area contributed by atoms with Crippen LogP contribution in [-0.2, 0) is 14.8 Å². The number of piperidine rings is 1. The van der Waals surface area contributed by atoms with Crippen LogP contribution >= 0.6 is 0 Å². The molecule has 9 nitrogen and oxygen atoms in total. The van der Waals surface area contributed by atoms with Gasteiger partial charge in [0, 0.05) is 31.8 Å². The second-order valence-electron chi connectivity index (χ2n) is 7.51. The average molecular weight is 441 g/mol. The molecule has 0 radical (unpaired) electrons. The van der Waals surface area contributed by atoms with E-state index in [1.807, 2.05) is 0 Å². The Morgan fingerprint density at radius 1 is 1.23 bits per heavy atom. The molecule has 168 valence electrons. The van der Waals surface area contributed by atoms with Gasteiger partial charge < -0.3 is 10.2 Å². The fourth-order valence-corrected chi connectivity index (χ4v) is 5.47. The molecule has 1 fully saturated rings. The van der Waals surface area contributed by atoms with Gasteiger partial charge in [0.1, 0.15) is 6.04 Å². The highest BCUT2D eigenvalue weighted by Gasteiger charge is 2.38. The van der Waals surface area contributed by atoms with Gasteiger partial charge in [-0.2, -0.15) is 4.31 Å². The standard InChI is InChI=1S/C20H32N4O5S/c1-3-12-22(13-4-2)15-11-21-20(25)19-10-5-6-14-23(19)30(28,29)18-9-7-8-17(16-18)24(26)27/h7-9,16,19H,3-6,10-15H2,1-2H3,(H,21,25). The fraction of sp³-hybridized carbons (Fsp3) is 0.650. The van der Waals surface area contributed by atoms with Crippen LogP contribution in [0.4, 0.5) is 5.69 Å². The van der Waals surface area contributed by atoms with Crippen LogP contribution in [0.1, 0.15) is 46.0 Å². The summed E-state index contributed by atoms with van der Waals surface area (Å²) >= 11 is 0. The fourth-order valence-electron chi connectivity index (χ4n) is 3.77. The Hall–Kier alpha value is -2.04. The molecular formula is C20H32N4O5S. The molecule has 1 heterocycles. The summed E-state index contributed by atoms with van der Waals surface area (Å²) < 4.78 is 27.5. The average Bonchev–Trinajstić information content (AvgIpc) is 2.74. The van der Waals surface area contributed by atoms with Crippen molar-refractivity contribution in [2.24, 2.45) is 0 Å². The molecule has 1 aromatic carbocycles. The monoisotopic (exact) mass is 440 g/mol. The molecule has 1 aliphatic rings. The number of nitrogens with zero attached hydrogens (tertiary/aromatic N) is 3. The molecule has 2 rings (SSSR count). The van der Waals surface area contributed by atoms with Crippen LogP contribution in [0.15, 0.2) is 29.2 Å². The molecule has 1 saturated heterocycles. The molecule has 0 spiro atoms. The Morgan fingerprint density at radius 3 is 2.57 bits per heavy atom. The lowest BCUT2D eigenvalue weighted by Gasteiger charge is -2.33. The van der Waals surface area contributed by atoms with Crippen molar-refractivity contribution in [1.82, 2.24) is 14.5 Å². The molecule has 1 amide bonds. The zero-order valence-corrected chi connectivity index (χ0v) is 18.6. The maximum Gasteiger partial charge on any atom is 0.270 e. The van der Waals surface area contributed by atoms with Crippen molar-refractivity contribution >= 4 is 21.6 Å². The van der Waals surface area contributed by atoms with E-state index >= 15 is 0 Å². The van der Waals surface area contributed by atoms with Crippen molar-refractivity contribution < 1.29 is 18.1 Å². The van der Waals surface area contributed by atoms with Crippen molar-refractivity contribution in [3.05, 3.63) is 34.4 Å². The van der Waals surface area contributed by atoms with Gasteiger partial charge in [0.25, 0.3) is 5.69 Å². The number of rotatable bonds is 11. The van der Waals surface area contributed by atoms with Gasteiger partial charge in [0.2, 0.25) is 15.9 Å². The molecule has 1 aliphatic heterocycles. The molecular weight excluding hydrogens is 408 g/mol. The predicted molar refractivity (Wildman–Crippen MR) is 115 cm³/mol. The normalized spacial score (nSPS) is 17.8. The summed E-state index contributed by atoms with van der Waals surface area (Å²) in [6, 6.07) is 4.18.